The second-order valence-electron chi connectivity index (χ2n) is 6.03. The molecule has 1 saturated heterocycles. The van der Waals surface area contributed by atoms with Crippen LogP contribution in [0.3, 0.4) is 0 Å². The molecule has 0 bridgehead atoms. The van der Waals surface area contributed by atoms with Crippen molar-refractivity contribution in [3.63, 3.8) is 0 Å². The number of nitrogens with one attached hydrogen (secondary N) is 1. The lowest BCUT2D eigenvalue weighted by atomic mass is 9.96. The van der Waals surface area contributed by atoms with E-state index in [1.807, 2.05) is 17.5 Å². The molecule has 3 nitrogen and oxygen atoms in total. The van der Waals surface area contributed by atoms with Crippen molar-refractivity contribution in [1.82, 2.24) is 15.2 Å². The molecule has 1 atom stereocenters. The highest BCUT2D eigenvalue weighted by Gasteiger charge is 2.38. The Hall–Kier alpha value is -0.450. The fraction of sp³-hybridized carbons (Fsp3) is 0.800. The zero-order chi connectivity index (χ0) is 13.1. The minimum atomic E-state index is 0.404. The van der Waals surface area contributed by atoms with Gasteiger partial charge in [-0.3, -0.25) is 4.90 Å². The first kappa shape index (κ1) is 13.5. The summed E-state index contributed by atoms with van der Waals surface area (Å²) in [7, 11) is 0. The molecule has 2 heterocycles. The molecular formula is C15H25N3S. The number of aromatic nitrogens is 1. The molecule has 1 aromatic rings. The Kier molecular flexibility index (Phi) is 4.20. The van der Waals surface area contributed by atoms with Crippen LogP contribution in [0, 0.1) is 0 Å². The van der Waals surface area contributed by atoms with Crippen LogP contribution in [0.25, 0.3) is 0 Å². The second kappa shape index (κ2) is 5.90. The van der Waals surface area contributed by atoms with Gasteiger partial charge < -0.3 is 5.32 Å². The number of hydrogen-bond acceptors (Lipinski definition) is 4. The Balaban J connectivity index is 1.78. The van der Waals surface area contributed by atoms with E-state index in [-0.39, 0.29) is 0 Å². The zero-order valence-electron chi connectivity index (χ0n) is 11.9. The van der Waals surface area contributed by atoms with Gasteiger partial charge in [0, 0.05) is 30.2 Å². The maximum atomic E-state index is 4.56. The summed E-state index contributed by atoms with van der Waals surface area (Å²) in [6.45, 7) is 5.91. The zero-order valence-corrected chi connectivity index (χ0v) is 12.7. The van der Waals surface area contributed by atoms with E-state index in [4.69, 9.17) is 0 Å². The number of thiazole rings is 1. The predicted octanol–water partition coefficient (Wildman–Crippen LogP) is 3.20. The molecule has 1 N–H and O–H groups in total. The van der Waals surface area contributed by atoms with Gasteiger partial charge in [0.2, 0.25) is 0 Å². The van der Waals surface area contributed by atoms with Crippen molar-refractivity contribution < 1.29 is 0 Å². The average Bonchev–Trinajstić information content (AvgIpc) is 3.03. The summed E-state index contributed by atoms with van der Waals surface area (Å²) in [5.74, 6) is 0. The van der Waals surface area contributed by atoms with Crippen LogP contribution in [0.1, 0.15) is 56.5 Å². The highest BCUT2D eigenvalue weighted by Crippen LogP contribution is 2.35. The van der Waals surface area contributed by atoms with Crippen LogP contribution in [0.5, 0.6) is 0 Å². The molecule has 1 aliphatic carbocycles. The molecule has 1 spiro atoms. The first-order valence-corrected chi connectivity index (χ1v) is 8.59. The van der Waals surface area contributed by atoms with E-state index in [0.29, 0.717) is 11.6 Å². The summed E-state index contributed by atoms with van der Waals surface area (Å²) in [5, 5.41) is 7.27. The monoisotopic (exact) mass is 279 g/mol. The maximum absolute atomic E-state index is 4.56. The van der Waals surface area contributed by atoms with Gasteiger partial charge in [-0.05, 0) is 32.2 Å². The smallest absolute Gasteiger partial charge is 0.110 e. The van der Waals surface area contributed by atoms with Gasteiger partial charge in [-0.2, -0.15) is 0 Å². The van der Waals surface area contributed by atoms with Crippen LogP contribution in [0.4, 0.5) is 0 Å². The fourth-order valence-corrected chi connectivity index (χ4v) is 4.66. The molecule has 3 rings (SSSR count). The largest absolute Gasteiger partial charge is 0.310 e. The lowest BCUT2D eigenvalue weighted by Gasteiger charge is -2.36. The van der Waals surface area contributed by atoms with E-state index in [1.165, 1.54) is 63.2 Å². The summed E-state index contributed by atoms with van der Waals surface area (Å²) in [4.78, 5) is 7.26. The van der Waals surface area contributed by atoms with E-state index >= 15 is 0 Å². The van der Waals surface area contributed by atoms with Crippen molar-refractivity contribution >= 4 is 11.3 Å². The normalized spacial score (nSPS) is 25.5. The number of nitrogens with zero attached hydrogens (tertiary/aromatic N) is 2. The lowest BCUT2D eigenvalue weighted by Crippen LogP contribution is -2.49. The molecule has 0 amide bonds. The molecule has 1 aliphatic heterocycles. The Morgan fingerprint density at radius 2 is 2.26 bits per heavy atom. The minimum Gasteiger partial charge on any atom is -0.310 e. The summed E-state index contributed by atoms with van der Waals surface area (Å²) < 4.78 is 0. The average molecular weight is 279 g/mol. The van der Waals surface area contributed by atoms with Gasteiger partial charge in [0.05, 0.1) is 6.04 Å². The number of hydrogen-bond donors (Lipinski definition) is 1. The molecule has 106 valence electrons. The SMILES string of the molecule is CCC(c1nccs1)N1CCCNC2(CCCC2)C1. The molecule has 0 aromatic carbocycles. The lowest BCUT2D eigenvalue weighted by molar-refractivity contribution is 0.152. The Labute approximate surface area is 120 Å². The van der Waals surface area contributed by atoms with E-state index in [0.717, 1.165) is 0 Å². The van der Waals surface area contributed by atoms with Gasteiger partial charge >= 0.3 is 0 Å². The summed E-state index contributed by atoms with van der Waals surface area (Å²) in [6.07, 6.45) is 9.90. The first-order chi connectivity index (χ1) is 9.33. The third-order valence-corrected chi connectivity index (χ3v) is 5.63. The molecular weight excluding hydrogens is 254 g/mol. The topological polar surface area (TPSA) is 28.2 Å². The van der Waals surface area contributed by atoms with Gasteiger partial charge in [0.25, 0.3) is 0 Å². The quantitative estimate of drug-likeness (QED) is 0.921. The van der Waals surface area contributed by atoms with E-state index in [2.05, 4.69) is 27.5 Å². The minimum absolute atomic E-state index is 0.404. The standard InChI is InChI=1S/C15H25N3S/c1-2-13(14-16-9-11-19-14)18-10-5-8-17-15(12-18)6-3-4-7-15/h9,11,13,17H,2-8,10,12H2,1H3. The van der Waals surface area contributed by atoms with Gasteiger partial charge in [0.1, 0.15) is 5.01 Å². The highest BCUT2D eigenvalue weighted by atomic mass is 32.1. The summed E-state index contributed by atoms with van der Waals surface area (Å²) in [6, 6.07) is 0.525. The Morgan fingerprint density at radius 3 is 2.95 bits per heavy atom. The molecule has 0 radical (unpaired) electrons. The van der Waals surface area contributed by atoms with Crippen molar-refractivity contribution in [2.24, 2.45) is 0 Å². The van der Waals surface area contributed by atoms with Crippen molar-refractivity contribution in [1.29, 1.82) is 0 Å². The van der Waals surface area contributed by atoms with Crippen LogP contribution in [0.2, 0.25) is 0 Å². The first-order valence-electron chi connectivity index (χ1n) is 7.71. The molecule has 1 saturated carbocycles. The van der Waals surface area contributed by atoms with E-state index < -0.39 is 0 Å². The third-order valence-electron chi connectivity index (χ3n) is 4.75. The molecule has 1 unspecified atom stereocenters. The summed E-state index contributed by atoms with van der Waals surface area (Å²) in [5.41, 5.74) is 0.404. The highest BCUT2D eigenvalue weighted by molar-refractivity contribution is 7.09. The van der Waals surface area contributed by atoms with E-state index in [1.54, 1.807) is 0 Å². The van der Waals surface area contributed by atoms with Crippen molar-refractivity contribution in [3.05, 3.63) is 16.6 Å². The van der Waals surface area contributed by atoms with Crippen LogP contribution in [-0.2, 0) is 0 Å². The molecule has 19 heavy (non-hydrogen) atoms. The molecule has 2 aliphatic rings. The molecule has 2 fully saturated rings. The number of rotatable bonds is 3. The van der Waals surface area contributed by atoms with Gasteiger partial charge in [-0.15, -0.1) is 11.3 Å². The Morgan fingerprint density at radius 1 is 1.42 bits per heavy atom. The summed E-state index contributed by atoms with van der Waals surface area (Å²) >= 11 is 1.81. The van der Waals surface area contributed by atoms with Crippen LogP contribution < -0.4 is 5.32 Å². The third kappa shape index (κ3) is 2.86. The van der Waals surface area contributed by atoms with Crippen molar-refractivity contribution in [2.45, 2.75) is 57.0 Å². The van der Waals surface area contributed by atoms with Crippen LogP contribution >= 0.6 is 11.3 Å². The van der Waals surface area contributed by atoms with Gasteiger partial charge in [-0.25, -0.2) is 4.98 Å². The fourth-order valence-electron chi connectivity index (χ4n) is 3.80. The van der Waals surface area contributed by atoms with Gasteiger partial charge in [-0.1, -0.05) is 19.8 Å². The van der Waals surface area contributed by atoms with Crippen LogP contribution in [-0.4, -0.2) is 35.1 Å². The van der Waals surface area contributed by atoms with Crippen molar-refractivity contribution in [2.75, 3.05) is 19.6 Å². The molecule has 4 heteroatoms. The molecule has 1 aromatic heterocycles. The Bertz CT molecular complexity index is 384. The van der Waals surface area contributed by atoms with Gasteiger partial charge in [0.15, 0.2) is 0 Å². The van der Waals surface area contributed by atoms with E-state index in [9.17, 15) is 0 Å². The van der Waals surface area contributed by atoms with Crippen molar-refractivity contribution in [3.8, 4) is 0 Å². The second-order valence-corrected chi connectivity index (χ2v) is 6.96. The van der Waals surface area contributed by atoms with Crippen LogP contribution in [0.15, 0.2) is 11.6 Å². The predicted molar refractivity (Wildman–Crippen MR) is 80.5 cm³/mol. The maximum Gasteiger partial charge on any atom is 0.110 e.